The number of hydrogen-bond donors (Lipinski definition) is 2. The number of likely N-dealkylation sites (N-methyl/N-ethyl adjacent to an activating group) is 1. The van der Waals surface area contributed by atoms with Gasteiger partial charge in [0.2, 0.25) is 12.3 Å². The van der Waals surface area contributed by atoms with Crippen LogP contribution in [0.15, 0.2) is 18.2 Å². The highest BCUT2D eigenvalue weighted by molar-refractivity contribution is 6.04. The number of anilines is 1. The molecular weight excluding hydrogens is 386 g/mol. The predicted molar refractivity (Wildman–Crippen MR) is 113 cm³/mol. The first-order valence-corrected chi connectivity index (χ1v) is 10.4. The smallest absolute Gasteiger partial charge is 0.261 e. The number of carbonyl (C=O) groups is 4. The molecule has 0 aromatic heterocycles. The molecule has 0 saturated carbocycles. The fraction of sp³-hybridized carbons (Fsp3) is 0.545. The zero-order valence-electron chi connectivity index (χ0n) is 17.7. The van der Waals surface area contributed by atoms with Crippen LogP contribution in [0.4, 0.5) is 5.69 Å². The molecule has 1 heterocycles. The summed E-state index contributed by atoms with van der Waals surface area (Å²) in [5, 5.41) is 11.6. The Morgan fingerprint density at radius 2 is 2.00 bits per heavy atom. The van der Waals surface area contributed by atoms with Crippen molar-refractivity contribution < 1.29 is 24.3 Å². The van der Waals surface area contributed by atoms with Crippen LogP contribution in [0.25, 0.3) is 0 Å². The molecule has 0 radical (unpaired) electrons. The van der Waals surface area contributed by atoms with Crippen LogP contribution < -0.4 is 10.2 Å². The van der Waals surface area contributed by atoms with Gasteiger partial charge in [-0.3, -0.25) is 19.3 Å². The number of carbonyl (C=O) groups excluding carboxylic acids is 4. The third kappa shape index (κ3) is 5.66. The minimum Gasteiger partial charge on any atom is -0.396 e. The number of imide groups is 1. The minimum atomic E-state index is -1.04. The summed E-state index contributed by atoms with van der Waals surface area (Å²) in [6.45, 7) is 3.65. The van der Waals surface area contributed by atoms with Crippen LogP contribution in [0.3, 0.4) is 0 Å². The molecule has 3 amide bonds. The van der Waals surface area contributed by atoms with Gasteiger partial charge < -0.3 is 20.1 Å². The van der Waals surface area contributed by atoms with Gasteiger partial charge in [0.05, 0.1) is 0 Å². The van der Waals surface area contributed by atoms with Crippen LogP contribution in [0.5, 0.6) is 0 Å². The van der Waals surface area contributed by atoms with E-state index in [1.807, 2.05) is 12.1 Å². The first kappa shape index (κ1) is 23.5. The number of nitrogens with one attached hydrogen (secondary N) is 1. The number of amides is 3. The molecule has 8 nitrogen and oxygen atoms in total. The zero-order valence-corrected chi connectivity index (χ0v) is 17.7. The highest BCUT2D eigenvalue weighted by Crippen LogP contribution is 2.27. The summed E-state index contributed by atoms with van der Waals surface area (Å²) in [7, 11) is 1.43. The Bertz CT molecular complexity index is 759. The van der Waals surface area contributed by atoms with Crippen molar-refractivity contribution in [3.63, 3.8) is 0 Å². The van der Waals surface area contributed by atoms with Crippen molar-refractivity contribution in [3.05, 3.63) is 29.3 Å². The third-order valence-corrected chi connectivity index (χ3v) is 5.76. The van der Waals surface area contributed by atoms with Gasteiger partial charge in [0.15, 0.2) is 0 Å². The Balaban J connectivity index is 2.25. The van der Waals surface area contributed by atoms with Crippen LogP contribution in [-0.4, -0.2) is 67.3 Å². The number of nitrogens with zero attached hydrogens (tertiary/aromatic N) is 2. The second-order valence-electron chi connectivity index (χ2n) is 7.63. The van der Waals surface area contributed by atoms with E-state index in [1.165, 1.54) is 7.05 Å². The van der Waals surface area contributed by atoms with Gasteiger partial charge in [-0.05, 0) is 56.2 Å². The molecule has 0 spiro atoms. The quantitative estimate of drug-likeness (QED) is 0.556. The van der Waals surface area contributed by atoms with E-state index in [0.29, 0.717) is 29.7 Å². The van der Waals surface area contributed by atoms with Crippen molar-refractivity contribution in [3.8, 4) is 0 Å². The Hall–Kier alpha value is -2.74. The molecule has 8 heteroatoms. The van der Waals surface area contributed by atoms with Crippen molar-refractivity contribution in [2.24, 2.45) is 5.92 Å². The lowest BCUT2D eigenvalue weighted by atomic mass is 9.93. The Morgan fingerprint density at radius 3 is 2.57 bits per heavy atom. The second kappa shape index (κ2) is 11.4. The van der Waals surface area contributed by atoms with Gasteiger partial charge in [-0.2, -0.15) is 0 Å². The summed E-state index contributed by atoms with van der Waals surface area (Å²) < 4.78 is 0. The fourth-order valence-electron chi connectivity index (χ4n) is 3.89. The lowest BCUT2D eigenvalue weighted by Gasteiger charge is -2.34. The number of benzene rings is 1. The molecule has 0 bridgehead atoms. The Morgan fingerprint density at radius 1 is 1.30 bits per heavy atom. The van der Waals surface area contributed by atoms with Crippen LogP contribution in [-0.2, 0) is 14.4 Å². The minimum absolute atomic E-state index is 0.0670. The van der Waals surface area contributed by atoms with Crippen LogP contribution in [0, 0.1) is 12.8 Å². The maximum Gasteiger partial charge on any atom is 0.261 e. The molecule has 2 rings (SSSR count). The van der Waals surface area contributed by atoms with Gasteiger partial charge in [0.1, 0.15) is 12.3 Å². The molecule has 1 aliphatic heterocycles. The summed E-state index contributed by atoms with van der Waals surface area (Å²) in [6, 6.07) is 4.52. The molecule has 1 aliphatic rings. The lowest BCUT2D eigenvalue weighted by molar-refractivity contribution is -0.131. The highest BCUT2D eigenvalue weighted by atomic mass is 16.3. The first-order valence-electron chi connectivity index (χ1n) is 10.4. The standard InChI is InChI=1S/C22H31N3O5/c1-16-5-6-18(24-10-7-17(8-11-24)9-13-27)14-19(16)22(30)25(15-28)20(4-3-12-26)21(29)23-2/h5-6,12,14-15,17,20,27H,3-4,7-11,13H2,1-2H3,(H,23,29). The second-order valence-corrected chi connectivity index (χ2v) is 7.63. The first-order chi connectivity index (χ1) is 14.5. The van der Waals surface area contributed by atoms with Gasteiger partial charge in [-0.1, -0.05) is 6.07 Å². The fourth-order valence-corrected chi connectivity index (χ4v) is 3.89. The molecule has 164 valence electrons. The molecule has 1 aromatic carbocycles. The summed E-state index contributed by atoms with van der Waals surface area (Å²) in [5.41, 5.74) is 1.95. The van der Waals surface area contributed by atoms with Crippen molar-refractivity contribution in [1.82, 2.24) is 10.2 Å². The number of piperidine rings is 1. The molecule has 30 heavy (non-hydrogen) atoms. The Kier molecular flexibility index (Phi) is 8.98. The monoisotopic (exact) mass is 417 g/mol. The number of aliphatic hydroxyl groups excluding tert-OH is 1. The van der Waals surface area contributed by atoms with E-state index in [1.54, 1.807) is 13.0 Å². The number of rotatable bonds is 10. The molecule has 1 saturated heterocycles. The molecule has 1 atom stereocenters. The van der Waals surface area contributed by atoms with Gasteiger partial charge in [0, 0.05) is 44.4 Å². The van der Waals surface area contributed by atoms with Gasteiger partial charge in [-0.25, -0.2) is 0 Å². The van der Waals surface area contributed by atoms with E-state index in [0.717, 1.165) is 42.9 Å². The van der Waals surface area contributed by atoms with Gasteiger partial charge in [0.25, 0.3) is 5.91 Å². The summed E-state index contributed by atoms with van der Waals surface area (Å²) >= 11 is 0. The summed E-state index contributed by atoms with van der Waals surface area (Å²) in [6.07, 6.45) is 3.92. The topological polar surface area (TPSA) is 107 Å². The van der Waals surface area contributed by atoms with Crippen LogP contribution in [0.2, 0.25) is 0 Å². The average Bonchev–Trinajstić information content (AvgIpc) is 2.77. The van der Waals surface area contributed by atoms with E-state index in [2.05, 4.69) is 10.2 Å². The van der Waals surface area contributed by atoms with Crippen molar-refractivity contribution in [1.29, 1.82) is 0 Å². The SMILES string of the molecule is CNC(=O)C(CCC=O)N(C=O)C(=O)c1cc(N2CCC(CCO)CC2)ccc1C. The molecular formula is C22H31N3O5. The van der Waals surface area contributed by atoms with Crippen molar-refractivity contribution >= 4 is 30.2 Å². The normalized spacial score (nSPS) is 15.4. The molecule has 1 aromatic rings. The molecule has 2 N–H and O–H groups in total. The largest absolute Gasteiger partial charge is 0.396 e. The van der Waals surface area contributed by atoms with E-state index >= 15 is 0 Å². The summed E-state index contributed by atoms with van der Waals surface area (Å²) in [4.78, 5) is 51.0. The van der Waals surface area contributed by atoms with Crippen molar-refractivity contribution in [2.75, 3.05) is 31.6 Å². The number of aliphatic hydroxyl groups is 1. The maximum absolute atomic E-state index is 13.2. The zero-order chi connectivity index (χ0) is 22.1. The number of hydrogen-bond acceptors (Lipinski definition) is 6. The van der Waals surface area contributed by atoms with E-state index in [-0.39, 0.29) is 19.4 Å². The summed E-state index contributed by atoms with van der Waals surface area (Å²) in [5.74, 6) is -0.537. The average molecular weight is 418 g/mol. The van der Waals surface area contributed by atoms with Crippen molar-refractivity contribution in [2.45, 2.75) is 45.1 Å². The predicted octanol–water partition coefficient (Wildman–Crippen LogP) is 1.29. The van der Waals surface area contributed by atoms with E-state index < -0.39 is 17.9 Å². The lowest BCUT2D eigenvalue weighted by Crippen LogP contribution is -2.48. The molecule has 1 fully saturated rings. The van der Waals surface area contributed by atoms with E-state index in [9.17, 15) is 19.2 Å². The van der Waals surface area contributed by atoms with Crippen LogP contribution in [0.1, 0.15) is 48.0 Å². The molecule has 1 unspecified atom stereocenters. The maximum atomic E-state index is 13.2. The van der Waals surface area contributed by atoms with Gasteiger partial charge in [-0.15, -0.1) is 0 Å². The van der Waals surface area contributed by atoms with Gasteiger partial charge >= 0.3 is 0 Å². The number of aryl methyl sites for hydroxylation is 1. The molecule has 0 aliphatic carbocycles. The Labute approximate surface area is 177 Å². The third-order valence-electron chi connectivity index (χ3n) is 5.76. The highest BCUT2D eigenvalue weighted by Gasteiger charge is 2.30. The number of aldehydes is 1. The van der Waals surface area contributed by atoms with E-state index in [4.69, 9.17) is 5.11 Å². The van der Waals surface area contributed by atoms with Crippen LogP contribution >= 0.6 is 0 Å².